The van der Waals surface area contributed by atoms with Crippen molar-refractivity contribution in [1.82, 2.24) is 19.8 Å². The highest BCUT2D eigenvalue weighted by molar-refractivity contribution is 7.92. The predicted molar refractivity (Wildman–Crippen MR) is 146 cm³/mol. The van der Waals surface area contributed by atoms with Crippen molar-refractivity contribution in [2.24, 2.45) is 0 Å². The number of halogens is 1. The molecule has 2 aliphatic heterocycles. The summed E-state index contributed by atoms with van der Waals surface area (Å²) in [6, 6.07) is 4.21. The summed E-state index contributed by atoms with van der Waals surface area (Å²) in [7, 11) is -3.87. The summed E-state index contributed by atoms with van der Waals surface area (Å²) in [6.45, 7) is 3.07. The van der Waals surface area contributed by atoms with Crippen LogP contribution in [0.4, 0.5) is 0 Å². The van der Waals surface area contributed by atoms with Gasteiger partial charge in [-0.15, -0.1) is 22.7 Å². The Morgan fingerprint density at radius 2 is 1.97 bits per heavy atom. The van der Waals surface area contributed by atoms with E-state index in [1.54, 1.807) is 17.0 Å². The van der Waals surface area contributed by atoms with E-state index in [9.17, 15) is 22.8 Å². The zero-order valence-corrected chi connectivity index (χ0v) is 23.5. The van der Waals surface area contributed by atoms with Crippen molar-refractivity contribution in [3.05, 3.63) is 48.6 Å². The van der Waals surface area contributed by atoms with E-state index >= 15 is 0 Å². The molecule has 200 valence electrons. The van der Waals surface area contributed by atoms with Gasteiger partial charge in [0.2, 0.25) is 21.8 Å². The molecule has 0 unspecified atom stereocenters. The van der Waals surface area contributed by atoms with E-state index in [0.717, 1.165) is 23.8 Å². The van der Waals surface area contributed by atoms with Crippen molar-refractivity contribution in [3.8, 4) is 0 Å². The Morgan fingerprint density at radius 3 is 2.68 bits per heavy atom. The van der Waals surface area contributed by atoms with Crippen LogP contribution in [-0.2, 0) is 19.6 Å². The van der Waals surface area contributed by atoms with E-state index in [2.05, 4.69) is 10.0 Å². The molecule has 2 fully saturated rings. The number of hydrogen-bond donors (Lipinski definition) is 2. The third-order valence-corrected chi connectivity index (χ3v) is 9.75. The van der Waals surface area contributed by atoms with Gasteiger partial charge in [0.1, 0.15) is 6.04 Å². The third kappa shape index (κ3) is 7.20. The number of carbonyl (C=O) groups is 3. The molecule has 0 aromatic carbocycles. The van der Waals surface area contributed by atoms with E-state index < -0.39 is 22.0 Å². The molecule has 0 aliphatic carbocycles. The molecule has 2 aliphatic rings. The Labute approximate surface area is 229 Å². The quantitative estimate of drug-likeness (QED) is 0.470. The largest absolute Gasteiger partial charge is 0.349 e. The lowest BCUT2D eigenvalue weighted by atomic mass is 10.1. The number of thiophene rings is 2. The monoisotopic (exact) mass is 584 g/mol. The van der Waals surface area contributed by atoms with Gasteiger partial charge in [-0.2, -0.15) is 4.72 Å². The Bertz CT molecular complexity index is 1290. The Morgan fingerprint density at radius 1 is 1.19 bits per heavy atom. The summed E-state index contributed by atoms with van der Waals surface area (Å²) in [4.78, 5) is 43.1. The second-order valence-electron chi connectivity index (χ2n) is 9.09. The fraction of sp³-hybridized carbons (Fsp3) is 0.458. The van der Waals surface area contributed by atoms with Gasteiger partial charge in [0.05, 0.1) is 15.8 Å². The summed E-state index contributed by atoms with van der Waals surface area (Å²) in [6.07, 6.45) is 3.97. The molecule has 2 saturated heterocycles. The van der Waals surface area contributed by atoms with Gasteiger partial charge < -0.3 is 15.1 Å². The van der Waals surface area contributed by atoms with Crippen LogP contribution < -0.4 is 10.0 Å². The smallest absolute Gasteiger partial charge is 0.261 e. The van der Waals surface area contributed by atoms with Crippen LogP contribution in [0.15, 0.2) is 29.0 Å². The lowest BCUT2D eigenvalue weighted by molar-refractivity contribution is -0.143. The molecule has 2 atom stereocenters. The van der Waals surface area contributed by atoms with Crippen molar-refractivity contribution in [1.29, 1.82) is 0 Å². The summed E-state index contributed by atoms with van der Waals surface area (Å²) >= 11 is 8.51. The summed E-state index contributed by atoms with van der Waals surface area (Å²) in [5.41, 5.74) is 0.919. The van der Waals surface area contributed by atoms with Crippen molar-refractivity contribution < 1.29 is 22.8 Å². The zero-order chi connectivity index (χ0) is 26.6. The molecule has 9 nitrogen and oxygen atoms in total. The van der Waals surface area contributed by atoms with E-state index in [-0.39, 0.29) is 24.4 Å². The average molecular weight is 585 g/mol. The number of likely N-dealkylation sites (tertiary alicyclic amines) is 2. The van der Waals surface area contributed by atoms with Crippen molar-refractivity contribution in [2.75, 3.05) is 26.2 Å². The van der Waals surface area contributed by atoms with Crippen LogP contribution in [0.2, 0.25) is 4.34 Å². The van der Waals surface area contributed by atoms with E-state index in [1.165, 1.54) is 33.6 Å². The molecular weight excluding hydrogens is 556 g/mol. The van der Waals surface area contributed by atoms with Crippen LogP contribution in [-0.4, -0.2) is 74.2 Å². The Hall–Kier alpha value is -2.25. The van der Waals surface area contributed by atoms with Crippen molar-refractivity contribution in [3.63, 3.8) is 0 Å². The number of amides is 3. The minimum absolute atomic E-state index is 0.116. The fourth-order valence-corrected chi connectivity index (χ4v) is 7.46. The van der Waals surface area contributed by atoms with Gasteiger partial charge >= 0.3 is 0 Å². The average Bonchev–Trinajstić information content (AvgIpc) is 3.60. The van der Waals surface area contributed by atoms with Crippen molar-refractivity contribution >= 4 is 68.1 Å². The topological polar surface area (TPSA) is 116 Å². The maximum absolute atomic E-state index is 13.1. The number of aryl methyl sites for hydroxylation is 1. The molecule has 4 heterocycles. The summed E-state index contributed by atoms with van der Waals surface area (Å²) in [5.74, 6) is -0.757. The molecular formula is C24H29ClN4O5S3. The first-order valence-corrected chi connectivity index (χ1v) is 15.6. The van der Waals surface area contributed by atoms with Gasteiger partial charge in [-0.3, -0.25) is 14.4 Å². The zero-order valence-electron chi connectivity index (χ0n) is 20.3. The minimum atomic E-state index is -3.87. The molecule has 0 radical (unpaired) electrons. The van der Waals surface area contributed by atoms with E-state index in [4.69, 9.17) is 11.6 Å². The van der Waals surface area contributed by atoms with Gasteiger partial charge in [-0.1, -0.05) is 11.6 Å². The molecule has 2 aromatic rings. The molecule has 2 aromatic heterocycles. The molecule has 37 heavy (non-hydrogen) atoms. The van der Waals surface area contributed by atoms with Crippen LogP contribution in [0, 0.1) is 6.92 Å². The van der Waals surface area contributed by atoms with Gasteiger partial charge in [0.15, 0.2) is 0 Å². The minimum Gasteiger partial charge on any atom is -0.349 e. The second kappa shape index (κ2) is 12.1. The molecule has 13 heteroatoms. The van der Waals surface area contributed by atoms with Crippen LogP contribution in [0.25, 0.3) is 6.08 Å². The molecule has 3 amide bonds. The number of piperidine rings is 1. The molecule has 0 saturated carbocycles. The summed E-state index contributed by atoms with van der Waals surface area (Å²) < 4.78 is 28.1. The molecule has 0 bridgehead atoms. The number of sulfonamides is 1. The molecule has 4 rings (SSSR count). The van der Waals surface area contributed by atoms with Gasteiger partial charge in [-0.25, -0.2) is 8.42 Å². The SMILES string of the molecule is Cc1ccsc1C(=O)NC[C@@H]1CCCN1C(=O)CN1CCC[C@H](NS(=O)(=O)/C=C/c2ccc(Cl)s2)C1=O. The normalized spacial score (nSPS) is 20.6. The first-order chi connectivity index (χ1) is 17.6. The maximum atomic E-state index is 13.1. The van der Waals surface area contributed by atoms with Crippen LogP contribution >= 0.6 is 34.3 Å². The summed E-state index contributed by atoms with van der Waals surface area (Å²) in [5, 5.41) is 5.82. The van der Waals surface area contributed by atoms with Crippen LogP contribution in [0.1, 0.15) is 45.8 Å². The molecule has 0 spiro atoms. The third-order valence-electron chi connectivity index (χ3n) is 6.43. The van der Waals surface area contributed by atoms with Gasteiger partial charge in [0.25, 0.3) is 5.91 Å². The second-order valence-corrected chi connectivity index (χ2v) is 13.3. The number of hydrogen-bond acceptors (Lipinski definition) is 7. The first-order valence-electron chi connectivity index (χ1n) is 12.0. The Kier molecular flexibility index (Phi) is 9.07. The van der Waals surface area contributed by atoms with Crippen molar-refractivity contribution in [2.45, 2.75) is 44.7 Å². The highest BCUT2D eigenvalue weighted by Gasteiger charge is 2.35. The lowest BCUT2D eigenvalue weighted by Gasteiger charge is -2.34. The number of rotatable bonds is 9. The Balaban J connectivity index is 1.31. The van der Waals surface area contributed by atoms with E-state index in [1.807, 2.05) is 18.4 Å². The predicted octanol–water partition coefficient (Wildman–Crippen LogP) is 3.07. The fourth-order valence-electron chi connectivity index (χ4n) is 4.55. The molecule has 2 N–H and O–H groups in total. The van der Waals surface area contributed by atoms with Gasteiger partial charge in [-0.05, 0) is 67.8 Å². The number of nitrogens with zero attached hydrogens (tertiary/aromatic N) is 2. The van der Waals surface area contributed by atoms with Crippen LogP contribution in [0.3, 0.4) is 0 Å². The number of nitrogens with one attached hydrogen (secondary N) is 2. The first kappa shape index (κ1) is 27.8. The highest BCUT2D eigenvalue weighted by atomic mass is 35.5. The standard InChI is InChI=1S/C24H29ClN4O5S3/c1-16-8-12-35-22(16)23(31)26-14-17-4-2-11-29(17)21(30)15-28-10-3-5-19(24(28)32)27-37(33,34)13-9-18-6-7-20(25)36-18/h6-9,12-13,17,19,27H,2-5,10-11,14-15H2,1H3,(H,26,31)/b13-9+/t17-,19-/m0/s1. The van der Waals surface area contributed by atoms with E-state index in [0.29, 0.717) is 46.6 Å². The lowest BCUT2D eigenvalue weighted by Crippen LogP contribution is -2.55. The maximum Gasteiger partial charge on any atom is 0.261 e. The number of carbonyl (C=O) groups excluding carboxylic acids is 3. The van der Waals surface area contributed by atoms with Gasteiger partial charge in [0, 0.05) is 36.0 Å². The highest BCUT2D eigenvalue weighted by Crippen LogP contribution is 2.23. The van der Waals surface area contributed by atoms with Crippen LogP contribution in [0.5, 0.6) is 0 Å².